The Morgan fingerprint density at radius 2 is 2.00 bits per heavy atom. The highest BCUT2D eigenvalue weighted by Gasteiger charge is 2.33. The summed E-state index contributed by atoms with van der Waals surface area (Å²) in [6.45, 7) is 1.55. The minimum atomic E-state index is -4.44. The van der Waals surface area contributed by atoms with E-state index in [1.807, 2.05) is 6.08 Å². The van der Waals surface area contributed by atoms with Crippen molar-refractivity contribution in [2.45, 2.75) is 25.6 Å². The maximum Gasteiger partial charge on any atom is 0.414 e. The first-order chi connectivity index (χ1) is 5.94. The van der Waals surface area contributed by atoms with Crippen molar-refractivity contribution in [1.82, 2.24) is 0 Å². The molecular weight excluding hydrogens is 185 g/mol. The molecule has 0 aromatic heterocycles. The molecule has 1 atom stereocenters. The Morgan fingerprint density at radius 1 is 1.46 bits per heavy atom. The molecule has 1 aliphatic rings. The SMILES string of the molecule is C1=CN=NCC1.CC(O)C(F)(F)F. The molecule has 6 heteroatoms. The predicted octanol–water partition coefficient (Wildman–Crippen LogP) is 2.29. The van der Waals surface area contributed by atoms with Crippen LogP contribution in [0.15, 0.2) is 22.5 Å². The Labute approximate surface area is 74.0 Å². The van der Waals surface area contributed by atoms with Gasteiger partial charge in [0, 0.05) is 6.20 Å². The van der Waals surface area contributed by atoms with Crippen molar-refractivity contribution >= 4 is 0 Å². The molecule has 0 saturated heterocycles. The number of halogens is 3. The Balaban J connectivity index is 0.000000223. The third kappa shape index (κ3) is 7.45. The lowest BCUT2D eigenvalue weighted by molar-refractivity contribution is -0.197. The first-order valence-electron chi connectivity index (χ1n) is 3.71. The highest BCUT2D eigenvalue weighted by molar-refractivity contribution is 4.81. The van der Waals surface area contributed by atoms with Crippen LogP contribution in [0.2, 0.25) is 0 Å². The summed E-state index contributed by atoms with van der Waals surface area (Å²) in [6.07, 6.45) is -1.85. The van der Waals surface area contributed by atoms with Crippen molar-refractivity contribution in [2.24, 2.45) is 10.2 Å². The standard InChI is InChI=1S/C4H6N2.C3H5F3O/c1-2-4-6-5-3-1;1-2(7)3(4,5)6/h1,3H,2,4H2;2,7H,1H3. The van der Waals surface area contributed by atoms with Gasteiger partial charge in [-0.1, -0.05) is 6.08 Å². The number of aliphatic hydroxyl groups is 1. The van der Waals surface area contributed by atoms with E-state index < -0.39 is 12.3 Å². The maximum absolute atomic E-state index is 10.9. The van der Waals surface area contributed by atoms with Gasteiger partial charge in [0.1, 0.15) is 6.10 Å². The first kappa shape index (κ1) is 12.1. The van der Waals surface area contributed by atoms with Gasteiger partial charge in [0.25, 0.3) is 0 Å². The number of rotatable bonds is 0. The van der Waals surface area contributed by atoms with Crippen LogP contribution in [-0.4, -0.2) is 23.9 Å². The van der Waals surface area contributed by atoms with Crippen LogP contribution in [0, 0.1) is 0 Å². The van der Waals surface area contributed by atoms with E-state index in [4.69, 9.17) is 5.11 Å². The van der Waals surface area contributed by atoms with E-state index in [0.717, 1.165) is 13.0 Å². The molecule has 1 aliphatic heterocycles. The second-order valence-electron chi connectivity index (χ2n) is 2.37. The lowest BCUT2D eigenvalue weighted by atomic mass is 10.4. The van der Waals surface area contributed by atoms with Crippen molar-refractivity contribution in [3.05, 3.63) is 12.3 Å². The van der Waals surface area contributed by atoms with E-state index in [-0.39, 0.29) is 0 Å². The second-order valence-corrected chi connectivity index (χ2v) is 2.37. The summed E-state index contributed by atoms with van der Waals surface area (Å²) in [4.78, 5) is 0. The molecule has 0 radical (unpaired) electrons. The highest BCUT2D eigenvalue weighted by Crippen LogP contribution is 2.18. The Hall–Kier alpha value is -0.910. The number of azo groups is 1. The fourth-order valence-corrected chi connectivity index (χ4v) is 0.359. The normalized spacial score (nSPS) is 17.6. The molecular formula is C7H11F3N2O. The largest absolute Gasteiger partial charge is 0.414 e. The molecule has 1 rings (SSSR count). The molecule has 3 nitrogen and oxygen atoms in total. The van der Waals surface area contributed by atoms with Gasteiger partial charge in [0.05, 0.1) is 6.54 Å². The van der Waals surface area contributed by atoms with Gasteiger partial charge in [0.15, 0.2) is 0 Å². The van der Waals surface area contributed by atoms with Gasteiger partial charge in [-0.25, -0.2) is 0 Å². The van der Waals surface area contributed by atoms with Gasteiger partial charge in [-0.2, -0.15) is 23.4 Å². The molecule has 13 heavy (non-hydrogen) atoms. The minimum absolute atomic E-state index is 0.681. The van der Waals surface area contributed by atoms with Crippen LogP contribution in [0.5, 0.6) is 0 Å². The molecule has 0 aromatic rings. The molecule has 0 saturated carbocycles. The van der Waals surface area contributed by atoms with Crippen LogP contribution in [0.25, 0.3) is 0 Å². The Bertz CT molecular complexity index is 175. The molecule has 0 aliphatic carbocycles. The zero-order valence-electron chi connectivity index (χ0n) is 7.12. The van der Waals surface area contributed by atoms with E-state index >= 15 is 0 Å². The Kier molecular flexibility index (Phi) is 5.29. The van der Waals surface area contributed by atoms with E-state index in [9.17, 15) is 13.2 Å². The summed E-state index contributed by atoms with van der Waals surface area (Å²) in [6, 6.07) is 0. The fourth-order valence-electron chi connectivity index (χ4n) is 0.359. The first-order valence-corrected chi connectivity index (χ1v) is 3.71. The smallest absolute Gasteiger partial charge is 0.384 e. The third-order valence-corrected chi connectivity index (χ3v) is 1.12. The zero-order valence-corrected chi connectivity index (χ0v) is 7.12. The van der Waals surface area contributed by atoms with Gasteiger partial charge in [-0.05, 0) is 13.3 Å². The monoisotopic (exact) mass is 196 g/mol. The van der Waals surface area contributed by atoms with E-state index in [2.05, 4.69) is 10.2 Å². The zero-order chi connectivity index (χ0) is 10.3. The molecule has 1 unspecified atom stereocenters. The highest BCUT2D eigenvalue weighted by atomic mass is 19.4. The lowest BCUT2D eigenvalue weighted by Gasteiger charge is -2.06. The lowest BCUT2D eigenvalue weighted by Crippen LogP contribution is -2.24. The molecule has 0 bridgehead atoms. The van der Waals surface area contributed by atoms with E-state index in [1.54, 1.807) is 6.20 Å². The summed E-state index contributed by atoms with van der Waals surface area (Å²) in [5.74, 6) is 0. The van der Waals surface area contributed by atoms with Gasteiger partial charge in [-0.15, -0.1) is 0 Å². The summed E-state index contributed by atoms with van der Waals surface area (Å²) >= 11 is 0. The summed E-state index contributed by atoms with van der Waals surface area (Å²) < 4.78 is 32.8. The van der Waals surface area contributed by atoms with Gasteiger partial charge >= 0.3 is 6.18 Å². The van der Waals surface area contributed by atoms with Crippen molar-refractivity contribution in [3.63, 3.8) is 0 Å². The van der Waals surface area contributed by atoms with Crippen LogP contribution in [0.4, 0.5) is 13.2 Å². The maximum atomic E-state index is 10.9. The van der Waals surface area contributed by atoms with Crippen LogP contribution in [0.3, 0.4) is 0 Å². The van der Waals surface area contributed by atoms with Gasteiger partial charge in [-0.3, -0.25) is 0 Å². The number of alkyl halides is 3. The van der Waals surface area contributed by atoms with Crippen molar-refractivity contribution in [1.29, 1.82) is 0 Å². The molecule has 1 N–H and O–H groups in total. The molecule has 0 amide bonds. The van der Waals surface area contributed by atoms with Gasteiger partial charge < -0.3 is 5.11 Å². The third-order valence-electron chi connectivity index (χ3n) is 1.12. The average Bonchev–Trinajstić information content (AvgIpc) is 2.07. The van der Waals surface area contributed by atoms with E-state index in [0.29, 0.717) is 6.92 Å². The average molecular weight is 196 g/mol. The van der Waals surface area contributed by atoms with Crippen LogP contribution in [0.1, 0.15) is 13.3 Å². The Morgan fingerprint density at radius 3 is 2.08 bits per heavy atom. The van der Waals surface area contributed by atoms with Crippen molar-refractivity contribution in [3.8, 4) is 0 Å². The van der Waals surface area contributed by atoms with Crippen LogP contribution in [-0.2, 0) is 0 Å². The molecule has 0 fully saturated rings. The summed E-state index contributed by atoms with van der Waals surface area (Å²) in [5.41, 5.74) is 0. The fraction of sp³-hybridized carbons (Fsp3) is 0.714. The molecule has 0 spiro atoms. The quantitative estimate of drug-likeness (QED) is 0.634. The van der Waals surface area contributed by atoms with E-state index in [1.165, 1.54) is 0 Å². The van der Waals surface area contributed by atoms with Crippen molar-refractivity contribution < 1.29 is 18.3 Å². The van der Waals surface area contributed by atoms with Crippen LogP contribution < -0.4 is 0 Å². The number of hydrogen-bond acceptors (Lipinski definition) is 3. The summed E-state index contributed by atoms with van der Waals surface area (Å²) in [7, 11) is 0. The molecule has 0 aromatic carbocycles. The second kappa shape index (κ2) is 5.69. The van der Waals surface area contributed by atoms with Gasteiger partial charge in [0.2, 0.25) is 0 Å². The number of nitrogens with zero attached hydrogens (tertiary/aromatic N) is 2. The molecule has 76 valence electrons. The predicted molar refractivity (Wildman–Crippen MR) is 41.2 cm³/mol. The number of aliphatic hydroxyl groups excluding tert-OH is 1. The minimum Gasteiger partial charge on any atom is -0.384 e. The van der Waals surface area contributed by atoms with Crippen molar-refractivity contribution in [2.75, 3.05) is 6.54 Å². The van der Waals surface area contributed by atoms with Crippen LogP contribution >= 0.6 is 0 Å². The topological polar surface area (TPSA) is 45.0 Å². The molecule has 1 heterocycles. The summed E-state index contributed by atoms with van der Waals surface area (Å²) in [5, 5.41) is 15.1. The number of hydrogen-bond donors (Lipinski definition) is 1.